The summed E-state index contributed by atoms with van der Waals surface area (Å²) in [5.41, 5.74) is 3.80. The minimum atomic E-state index is -1.13. The van der Waals surface area contributed by atoms with Gasteiger partial charge < -0.3 is 9.84 Å². The van der Waals surface area contributed by atoms with Crippen molar-refractivity contribution < 1.29 is 19.4 Å². The van der Waals surface area contributed by atoms with Crippen molar-refractivity contribution in [2.75, 3.05) is 0 Å². The molecule has 0 heterocycles. The molecule has 146 valence electrons. The van der Waals surface area contributed by atoms with Gasteiger partial charge in [0.25, 0.3) is 0 Å². The van der Waals surface area contributed by atoms with Gasteiger partial charge in [0.2, 0.25) is 0 Å². The van der Waals surface area contributed by atoms with Gasteiger partial charge in [0, 0.05) is 6.08 Å². The van der Waals surface area contributed by atoms with Gasteiger partial charge in [-0.15, -0.1) is 0 Å². The summed E-state index contributed by atoms with van der Waals surface area (Å²) in [6.45, 7) is 9.05. The van der Waals surface area contributed by atoms with Crippen LogP contribution in [0.5, 0.6) is 5.75 Å². The van der Waals surface area contributed by atoms with Crippen molar-refractivity contribution in [1.82, 2.24) is 0 Å². The predicted octanol–water partition coefficient (Wildman–Crippen LogP) is 5.35. The van der Waals surface area contributed by atoms with Crippen LogP contribution in [0.2, 0.25) is 0 Å². The lowest BCUT2D eigenvalue weighted by molar-refractivity contribution is -0.128. The van der Waals surface area contributed by atoms with E-state index in [0.717, 1.165) is 18.4 Å². The zero-order chi connectivity index (χ0) is 20.5. The molecule has 2 aromatic rings. The number of carboxylic acids is 1. The lowest BCUT2D eigenvalue weighted by Gasteiger charge is -2.42. The average Bonchev–Trinajstić information content (AvgIpc) is 2.64. The maximum absolute atomic E-state index is 12.2. The number of ether oxygens (including phenoxy) is 1. The van der Waals surface area contributed by atoms with E-state index >= 15 is 0 Å². The van der Waals surface area contributed by atoms with E-state index < -0.39 is 11.9 Å². The van der Waals surface area contributed by atoms with Crippen LogP contribution in [0.15, 0.2) is 48.5 Å². The van der Waals surface area contributed by atoms with Crippen LogP contribution in [0.1, 0.15) is 67.6 Å². The Morgan fingerprint density at radius 3 is 2.29 bits per heavy atom. The minimum absolute atomic E-state index is 0.0398. The van der Waals surface area contributed by atoms with Crippen molar-refractivity contribution in [3.05, 3.63) is 70.8 Å². The summed E-state index contributed by atoms with van der Waals surface area (Å²) in [6.07, 6.45) is 5.32. The molecule has 2 aromatic carbocycles. The van der Waals surface area contributed by atoms with E-state index in [4.69, 9.17) is 4.74 Å². The molecule has 1 aliphatic rings. The Kier molecular flexibility index (Phi) is 5.16. The monoisotopic (exact) mass is 378 g/mol. The Balaban J connectivity index is 1.82. The Morgan fingerprint density at radius 2 is 1.61 bits per heavy atom. The molecule has 0 aliphatic heterocycles. The molecule has 0 unspecified atom stereocenters. The Hall–Kier alpha value is -2.88. The van der Waals surface area contributed by atoms with E-state index in [9.17, 15) is 14.7 Å². The van der Waals surface area contributed by atoms with E-state index in [-0.39, 0.29) is 22.1 Å². The number of esters is 1. The first-order chi connectivity index (χ1) is 13.1. The number of carbonyl (C=O) groups is 2. The molecule has 4 heteroatoms. The minimum Gasteiger partial charge on any atom is -0.478 e. The Morgan fingerprint density at radius 1 is 0.964 bits per heavy atom. The van der Waals surface area contributed by atoms with Crippen LogP contribution in [0.3, 0.4) is 0 Å². The maximum Gasteiger partial charge on any atom is 0.339 e. The third kappa shape index (κ3) is 4.01. The van der Waals surface area contributed by atoms with Crippen molar-refractivity contribution >= 4 is 18.0 Å². The normalized spacial score (nSPS) is 17.1. The summed E-state index contributed by atoms with van der Waals surface area (Å²) in [6, 6.07) is 12.4. The molecule has 28 heavy (non-hydrogen) atoms. The first-order valence-corrected chi connectivity index (χ1v) is 9.47. The summed E-state index contributed by atoms with van der Waals surface area (Å²) >= 11 is 0. The topological polar surface area (TPSA) is 63.6 Å². The molecule has 0 bridgehead atoms. The molecule has 0 spiro atoms. The van der Waals surface area contributed by atoms with Crippen molar-refractivity contribution in [1.29, 1.82) is 0 Å². The van der Waals surface area contributed by atoms with Crippen molar-refractivity contribution in [3.8, 4) is 5.75 Å². The Bertz CT molecular complexity index is 951. The van der Waals surface area contributed by atoms with E-state index in [1.165, 1.54) is 29.3 Å². The van der Waals surface area contributed by atoms with Gasteiger partial charge in [0.15, 0.2) is 0 Å². The molecule has 4 nitrogen and oxygen atoms in total. The van der Waals surface area contributed by atoms with Gasteiger partial charge in [0.1, 0.15) is 11.3 Å². The number of carbonyl (C=O) groups excluding carboxylic acids is 1. The van der Waals surface area contributed by atoms with Gasteiger partial charge >= 0.3 is 11.9 Å². The van der Waals surface area contributed by atoms with Gasteiger partial charge in [-0.05, 0) is 58.6 Å². The van der Waals surface area contributed by atoms with Crippen LogP contribution in [0.4, 0.5) is 0 Å². The van der Waals surface area contributed by atoms with Crippen LogP contribution >= 0.6 is 0 Å². The molecule has 1 aliphatic carbocycles. The molecule has 0 fully saturated rings. The second-order valence-electron chi connectivity index (χ2n) is 8.63. The highest BCUT2D eigenvalue weighted by molar-refractivity contribution is 5.94. The summed E-state index contributed by atoms with van der Waals surface area (Å²) in [7, 11) is 0. The molecule has 0 saturated heterocycles. The summed E-state index contributed by atoms with van der Waals surface area (Å²) in [4.78, 5) is 23.4. The lowest BCUT2D eigenvalue weighted by Crippen LogP contribution is -2.33. The van der Waals surface area contributed by atoms with Crippen LogP contribution < -0.4 is 4.74 Å². The second kappa shape index (κ2) is 7.27. The largest absolute Gasteiger partial charge is 0.478 e. The van der Waals surface area contributed by atoms with E-state index in [2.05, 4.69) is 39.8 Å². The third-order valence-electron chi connectivity index (χ3n) is 5.62. The SMILES string of the molecule is CC1(C)CCC(C)(C)c2cc(/C=C/C(=O)Oc3ccccc3C(=O)O)ccc21. The van der Waals surface area contributed by atoms with Crippen molar-refractivity contribution in [2.24, 2.45) is 0 Å². The van der Waals surface area contributed by atoms with Crippen LogP contribution in [-0.4, -0.2) is 17.0 Å². The number of hydrogen-bond donors (Lipinski definition) is 1. The van der Waals surface area contributed by atoms with Crippen molar-refractivity contribution in [3.63, 3.8) is 0 Å². The predicted molar refractivity (Wildman–Crippen MR) is 110 cm³/mol. The molecule has 0 saturated carbocycles. The smallest absolute Gasteiger partial charge is 0.339 e. The number of rotatable bonds is 4. The molecule has 1 N–H and O–H groups in total. The lowest BCUT2D eigenvalue weighted by atomic mass is 9.63. The van der Waals surface area contributed by atoms with Crippen molar-refractivity contribution in [2.45, 2.75) is 51.4 Å². The van der Waals surface area contributed by atoms with Gasteiger partial charge in [-0.2, -0.15) is 0 Å². The summed E-state index contributed by atoms with van der Waals surface area (Å²) < 4.78 is 5.21. The fraction of sp³-hybridized carbons (Fsp3) is 0.333. The quantitative estimate of drug-likeness (QED) is 0.442. The maximum atomic E-state index is 12.2. The number of fused-ring (bicyclic) bond motifs is 1. The standard InChI is InChI=1S/C24H26O4/c1-23(2)13-14-24(3,4)19-15-16(9-11-18(19)23)10-12-21(25)28-20-8-6-5-7-17(20)22(26)27/h5-12,15H,13-14H2,1-4H3,(H,26,27)/b12-10+. The molecule has 0 amide bonds. The van der Waals surface area contributed by atoms with Gasteiger partial charge in [0.05, 0.1) is 0 Å². The number of para-hydroxylation sites is 1. The number of benzene rings is 2. The number of hydrogen-bond acceptors (Lipinski definition) is 3. The zero-order valence-electron chi connectivity index (χ0n) is 16.8. The fourth-order valence-corrected chi connectivity index (χ4v) is 3.75. The first kappa shape index (κ1) is 19.9. The van der Waals surface area contributed by atoms with Crippen LogP contribution in [-0.2, 0) is 15.6 Å². The van der Waals surface area contributed by atoms with Gasteiger partial charge in [-0.3, -0.25) is 0 Å². The molecule has 0 radical (unpaired) electrons. The van der Waals surface area contributed by atoms with Crippen LogP contribution in [0, 0.1) is 0 Å². The van der Waals surface area contributed by atoms with E-state index in [1.807, 2.05) is 6.07 Å². The highest BCUT2D eigenvalue weighted by Crippen LogP contribution is 2.45. The first-order valence-electron chi connectivity index (χ1n) is 9.47. The molecule has 0 aromatic heterocycles. The second-order valence-corrected chi connectivity index (χ2v) is 8.63. The van der Waals surface area contributed by atoms with E-state index in [1.54, 1.807) is 18.2 Å². The average molecular weight is 378 g/mol. The fourth-order valence-electron chi connectivity index (χ4n) is 3.75. The summed E-state index contributed by atoms with van der Waals surface area (Å²) in [5.74, 6) is -1.70. The third-order valence-corrected chi connectivity index (χ3v) is 5.62. The van der Waals surface area contributed by atoms with E-state index in [0.29, 0.717) is 0 Å². The number of carboxylic acid groups (broad SMARTS) is 1. The van der Waals surface area contributed by atoms with Crippen LogP contribution in [0.25, 0.3) is 6.08 Å². The van der Waals surface area contributed by atoms with Gasteiger partial charge in [-0.1, -0.05) is 58.0 Å². The van der Waals surface area contributed by atoms with Gasteiger partial charge in [-0.25, -0.2) is 9.59 Å². The highest BCUT2D eigenvalue weighted by Gasteiger charge is 2.36. The Labute approximate surface area is 165 Å². The molecular weight excluding hydrogens is 352 g/mol. The highest BCUT2D eigenvalue weighted by atomic mass is 16.5. The molecular formula is C24H26O4. The summed E-state index contributed by atoms with van der Waals surface area (Å²) in [5, 5.41) is 9.18. The molecule has 3 rings (SSSR count). The number of aromatic carboxylic acids is 1. The molecule has 0 atom stereocenters. The zero-order valence-corrected chi connectivity index (χ0v) is 16.8.